The van der Waals surface area contributed by atoms with Crippen molar-refractivity contribution in [2.24, 2.45) is 11.8 Å². The molecule has 0 heterocycles. The number of rotatable bonds is 3. The van der Waals surface area contributed by atoms with Gasteiger partial charge in [0.1, 0.15) is 0 Å². The SMILES string of the molecule is CCC1CC1C(=O)c1cc(Cl)c(F)c(F)c1F. The molecule has 0 aromatic heterocycles. The minimum absolute atomic E-state index is 0.216. The Bertz CT molecular complexity index is 487. The molecule has 1 nitrogen and oxygen atoms in total. The highest BCUT2D eigenvalue weighted by molar-refractivity contribution is 6.31. The van der Waals surface area contributed by atoms with Crippen LogP contribution in [0.15, 0.2) is 6.07 Å². The first-order chi connectivity index (χ1) is 7.97. The van der Waals surface area contributed by atoms with Crippen molar-refractivity contribution >= 4 is 17.4 Å². The first-order valence-electron chi connectivity index (χ1n) is 5.34. The van der Waals surface area contributed by atoms with Gasteiger partial charge < -0.3 is 0 Å². The zero-order chi connectivity index (χ0) is 12.7. The minimum Gasteiger partial charge on any atom is -0.294 e. The third-order valence-corrected chi connectivity index (χ3v) is 3.43. The van der Waals surface area contributed by atoms with Gasteiger partial charge in [-0.25, -0.2) is 13.2 Å². The van der Waals surface area contributed by atoms with E-state index in [1.54, 1.807) is 0 Å². The molecule has 0 radical (unpaired) electrons. The standard InChI is InChI=1S/C12H10ClF3O/c1-2-5-3-6(5)12(17)7-4-8(13)10(15)11(16)9(7)14/h4-6H,2-3H2,1H3. The molecule has 2 atom stereocenters. The fourth-order valence-electron chi connectivity index (χ4n) is 1.97. The van der Waals surface area contributed by atoms with E-state index < -0.39 is 33.8 Å². The van der Waals surface area contributed by atoms with E-state index in [2.05, 4.69) is 0 Å². The Morgan fingerprint density at radius 2 is 2.00 bits per heavy atom. The van der Waals surface area contributed by atoms with Crippen LogP contribution in [0.2, 0.25) is 5.02 Å². The number of halogens is 4. The smallest absolute Gasteiger partial charge is 0.196 e. The summed E-state index contributed by atoms with van der Waals surface area (Å²) in [6.07, 6.45) is 1.49. The molecule has 1 aliphatic carbocycles. The van der Waals surface area contributed by atoms with Crippen LogP contribution in [-0.4, -0.2) is 5.78 Å². The topological polar surface area (TPSA) is 17.1 Å². The molecular weight excluding hydrogens is 253 g/mol. The number of carbonyl (C=O) groups excluding carboxylic acids is 1. The van der Waals surface area contributed by atoms with Crippen LogP contribution in [0.1, 0.15) is 30.1 Å². The number of hydrogen-bond acceptors (Lipinski definition) is 1. The third kappa shape index (κ3) is 2.06. The van der Waals surface area contributed by atoms with E-state index >= 15 is 0 Å². The average Bonchev–Trinajstić information content (AvgIpc) is 3.09. The van der Waals surface area contributed by atoms with Crippen molar-refractivity contribution in [2.75, 3.05) is 0 Å². The van der Waals surface area contributed by atoms with Crippen LogP contribution in [0.4, 0.5) is 13.2 Å². The molecule has 1 aromatic rings. The van der Waals surface area contributed by atoms with Crippen LogP contribution in [0.5, 0.6) is 0 Å². The van der Waals surface area contributed by atoms with Crippen molar-refractivity contribution in [3.8, 4) is 0 Å². The molecule has 17 heavy (non-hydrogen) atoms. The first-order valence-corrected chi connectivity index (χ1v) is 5.72. The highest BCUT2D eigenvalue weighted by Gasteiger charge is 2.43. The summed E-state index contributed by atoms with van der Waals surface area (Å²) in [6.45, 7) is 1.92. The second kappa shape index (κ2) is 4.33. The monoisotopic (exact) mass is 262 g/mol. The summed E-state index contributed by atoms with van der Waals surface area (Å²) in [6, 6.07) is 0.864. The van der Waals surface area contributed by atoms with Gasteiger partial charge in [-0.2, -0.15) is 0 Å². The Kier molecular flexibility index (Phi) is 3.17. The Morgan fingerprint density at radius 1 is 1.35 bits per heavy atom. The van der Waals surface area contributed by atoms with Crippen LogP contribution in [-0.2, 0) is 0 Å². The summed E-state index contributed by atoms with van der Waals surface area (Å²) in [5.41, 5.74) is -0.449. The van der Waals surface area contributed by atoms with E-state index in [0.717, 1.165) is 12.5 Å². The predicted octanol–water partition coefficient (Wildman–Crippen LogP) is 3.99. The largest absolute Gasteiger partial charge is 0.294 e. The Balaban J connectivity index is 2.37. The average molecular weight is 263 g/mol. The quantitative estimate of drug-likeness (QED) is 0.457. The highest BCUT2D eigenvalue weighted by Crippen LogP contribution is 2.44. The van der Waals surface area contributed by atoms with Crippen LogP contribution in [0.25, 0.3) is 0 Å². The molecule has 92 valence electrons. The minimum atomic E-state index is -1.69. The first kappa shape index (κ1) is 12.4. The number of benzene rings is 1. The Labute approximate surface area is 102 Å². The Hall–Kier alpha value is -1.03. The third-order valence-electron chi connectivity index (χ3n) is 3.15. The van der Waals surface area contributed by atoms with E-state index in [-0.39, 0.29) is 11.8 Å². The molecule has 0 saturated heterocycles. The van der Waals surface area contributed by atoms with Crippen LogP contribution in [0.3, 0.4) is 0 Å². The molecule has 1 saturated carbocycles. The van der Waals surface area contributed by atoms with Gasteiger partial charge in [0, 0.05) is 5.92 Å². The van der Waals surface area contributed by atoms with Crippen molar-refractivity contribution in [1.82, 2.24) is 0 Å². The molecule has 0 bridgehead atoms. The molecule has 0 aliphatic heterocycles. The fraction of sp³-hybridized carbons (Fsp3) is 0.417. The lowest BCUT2D eigenvalue weighted by molar-refractivity contribution is 0.0955. The molecule has 2 rings (SSSR count). The molecule has 1 aliphatic rings. The van der Waals surface area contributed by atoms with Crippen molar-refractivity contribution in [1.29, 1.82) is 0 Å². The molecule has 1 aromatic carbocycles. The predicted molar refractivity (Wildman–Crippen MR) is 57.5 cm³/mol. The van der Waals surface area contributed by atoms with Crippen LogP contribution < -0.4 is 0 Å². The van der Waals surface area contributed by atoms with Crippen molar-refractivity contribution in [3.05, 3.63) is 34.1 Å². The summed E-state index contributed by atoms with van der Waals surface area (Å²) in [7, 11) is 0. The number of hydrogen-bond donors (Lipinski definition) is 0. The maximum Gasteiger partial charge on any atom is 0.196 e. The van der Waals surface area contributed by atoms with Gasteiger partial charge in [0.25, 0.3) is 0 Å². The van der Waals surface area contributed by atoms with E-state index in [9.17, 15) is 18.0 Å². The summed E-state index contributed by atoms with van der Waals surface area (Å²) in [5.74, 6) is -5.14. The lowest BCUT2D eigenvalue weighted by Gasteiger charge is -2.05. The lowest BCUT2D eigenvalue weighted by atomic mass is 10.0. The van der Waals surface area contributed by atoms with E-state index in [4.69, 9.17) is 11.6 Å². The van der Waals surface area contributed by atoms with Gasteiger partial charge in [-0.05, 0) is 18.4 Å². The maximum absolute atomic E-state index is 13.4. The normalized spacial score (nSPS) is 22.6. The summed E-state index contributed by atoms with van der Waals surface area (Å²) in [5, 5.41) is -0.569. The summed E-state index contributed by atoms with van der Waals surface area (Å²) < 4.78 is 39.4. The van der Waals surface area contributed by atoms with Gasteiger partial charge in [0.2, 0.25) is 0 Å². The zero-order valence-corrected chi connectivity index (χ0v) is 9.82. The van der Waals surface area contributed by atoms with E-state index in [0.29, 0.717) is 6.42 Å². The van der Waals surface area contributed by atoms with Gasteiger partial charge in [0.15, 0.2) is 23.2 Å². The molecular formula is C12H10ClF3O. The molecule has 0 amide bonds. The van der Waals surface area contributed by atoms with Crippen LogP contribution >= 0.6 is 11.6 Å². The second-order valence-electron chi connectivity index (χ2n) is 4.22. The van der Waals surface area contributed by atoms with Gasteiger partial charge in [0.05, 0.1) is 10.6 Å². The molecule has 1 fully saturated rings. The highest BCUT2D eigenvalue weighted by atomic mass is 35.5. The number of ketones is 1. The van der Waals surface area contributed by atoms with Crippen molar-refractivity contribution < 1.29 is 18.0 Å². The molecule has 5 heteroatoms. The zero-order valence-electron chi connectivity index (χ0n) is 9.07. The molecule has 0 N–H and O–H groups in total. The molecule has 2 unspecified atom stereocenters. The number of carbonyl (C=O) groups is 1. The lowest BCUT2D eigenvalue weighted by Crippen LogP contribution is -2.09. The summed E-state index contributed by atoms with van der Waals surface area (Å²) in [4.78, 5) is 11.8. The summed E-state index contributed by atoms with van der Waals surface area (Å²) >= 11 is 5.40. The van der Waals surface area contributed by atoms with Gasteiger partial charge >= 0.3 is 0 Å². The van der Waals surface area contributed by atoms with E-state index in [1.807, 2.05) is 6.92 Å². The molecule has 0 spiro atoms. The van der Waals surface area contributed by atoms with Gasteiger partial charge in [-0.3, -0.25) is 4.79 Å². The second-order valence-corrected chi connectivity index (χ2v) is 4.63. The Morgan fingerprint density at radius 3 is 2.53 bits per heavy atom. The fourth-order valence-corrected chi connectivity index (χ4v) is 2.16. The van der Waals surface area contributed by atoms with E-state index in [1.165, 1.54) is 0 Å². The number of Topliss-reactive ketones (excluding diaryl/α,β-unsaturated/α-hetero) is 1. The van der Waals surface area contributed by atoms with Crippen molar-refractivity contribution in [2.45, 2.75) is 19.8 Å². The van der Waals surface area contributed by atoms with Gasteiger partial charge in [-0.1, -0.05) is 24.9 Å². The van der Waals surface area contributed by atoms with Crippen LogP contribution in [0, 0.1) is 29.3 Å². The van der Waals surface area contributed by atoms with Gasteiger partial charge in [-0.15, -0.1) is 0 Å². The maximum atomic E-state index is 13.4. The van der Waals surface area contributed by atoms with Crippen molar-refractivity contribution in [3.63, 3.8) is 0 Å².